The molecular formula is C23H23ClN4O4. The van der Waals surface area contributed by atoms with Gasteiger partial charge in [0.1, 0.15) is 11.6 Å². The first-order chi connectivity index (χ1) is 15.3. The number of hydrogen-bond donors (Lipinski definition) is 3. The van der Waals surface area contributed by atoms with Crippen LogP contribution in [0, 0.1) is 0 Å². The Morgan fingerprint density at radius 2 is 1.59 bits per heavy atom. The van der Waals surface area contributed by atoms with E-state index in [2.05, 4.69) is 16.0 Å². The number of anilines is 2. The summed E-state index contributed by atoms with van der Waals surface area (Å²) in [5.74, 6) is -1.25. The lowest BCUT2D eigenvalue weighted by atomic mass is 9.97. The molecule has 0 bridgehead atoms. The molecule has 1 atom stereocenters. The van der Waals surface area contributed by atoms with Crippen molar-refractivity contribution in [1.82, 2.24) is 10.2 Å². The van der Waals surface area contributed by atoms with Crippen molar-refractivity contribution in [2.75, 3.05) is 10.6 Å². The molecule has 5 amide bonds. The van der Waals surface area contributed by atoms with Gasteiger partial charge in [0.25, 0.3) is 11.8 Å². The highest BCUT2D eigenvalue weighted by atomic mass is 35.5. The summed E-state index contributed by atoms with van der Waals surface area (Å²) in [7, 11) is 0. The van der Waals surface area contributed by atoms with E-state index in [0.717, 1.165) is 17.7 Å². The fourth-order valence-electron chi connectivity index (χ4n) is 4.16. The minimum absolute atomic E-state index is 0.355. The van der Waals surface area contributed by atoms with Crippen molar-refractivity contribution in [3.63, 3.8) is 0 Å². The highest BCUT2D eigenvalue weighted by Gasteiger charge is 2.54. The third kappa shape index (κ3) is 4.05. The molecule has 2 fully saturated rings. The summed E-state index contributed by atoms with van der Waals surface area (Å²) >= 11 is 5.87. The normalized spacial score (nSPS) is 17.9. The van der Waals surface area contributed by atoms with E-state index in [1.54, 1.807) is 48.5 Å². The molecule has 1 spiro atoms. The number of amides is 5. The standard InChI is InChI=1S/C23H23ClN4O4/c1-14(28-21(31)23(27-22(28)32)12-4-5-13-23)19(29)25-17-6-2-3-7-18(17)26-20(30)15-8-10-16(24)11-9-15/h2-3,6-11,14H,4-5,12-13H2,1H3,(H,25,29)(H,26,30)(H,27,32). The summed E-state index contributed by atoms with van der Waals surface area (Å²) in [5, 5.41) is 8.78. The largest absolute Gasteiger partial charge is 0.325 e. The van der Waals surface area contributed by atoms with Crippen molar-refractivity contribution in [3.05, 3.63) is 59.1 Å². The first-order valence-electron chi connectivity index (χ1n) is 10.4. The Morgan fingerprint density at radius 3 is 2.22 bits per heavy atom. The average molecular weight is 455 g/mol. The molecule has 166 valence electrons. The molecule has 1 aliphatic carbocycles. The summed E-state index contributed by atoms with van der Waals surface area (Å²) in [6, 6.07) is 11.6. The highest BCUT2D eigenvalue weighted by Crippen LogP contribution is 2.36. The number of carbonyl (C=O) groups excluding carboxylic acids is 4. The first-order valence-corrected chi connectivity index (χ1v) is 10.8. The second-order valence-corrected chi connectivity index (χ2v) is 8.50. The fourth-order valence-corrected chi connectivity index (χ4v) is 4.29. The van der Waals surface area contributed by atoms with Gasteiger partial charge in [0.2, 0.25) is 5.91 Å². The summed E-state index contributed by atoms with van der Waals surface area (Å²) in [6.45, 7) is 1.51. The van der Waals surface area contributed by atoms with Gasteiger partial charge in [-0.15, -0.1) is 0 Å². The van der Waals surface area contributed by atoms with Gasteiger partial charge in [-0.25, -0.2) is 9.69 Å². The van der Waals surface area contributed by atoms with Gasteiger partial charge in [-0.1, -0.05) is 36.6 Å². The van der Waals surface area contributed by atoms with Crippen LogP contribution in [-0.4, -0.2) is 40.2 Å². The molecule has 1 aliphatic heterocycles. The average Bonchev–Trinajstić information content (AvgIpc) is 3.34. The van der Waals surface area contributed by atoms with Gasteiger partial charge in [-0.2, -0.15) is 0 Å². The zero-order valence-corrected chi connectivity index (χ0v) is 18.2. The van der Waals surface area contributed by atoms with Crippen LogP contribution in [-0.2, 0) is 9.59 Å². The van der Waals surface area contributed by atoms with E-state index >= 15 is 0 Å². The van der Waals surface area contributed by atoms with E-state index in [4.69, 9.17) is 11.6 Å². The summed E-state index contributed by atoms with van der Waals surface area (Å²) < 4.78 is 0. The maximum Gasteiger partial charge on any atom is 0.325 e. The van der Waals surface area contributed by atoms with Crippen LogP contribution in [0.2, 0.25) is 5.02 Å². The second kappa shape index (κ2) is 8.63. The lowest BCUT2D eigenvalue weighted by molar-refractivity contribution is -0.136. The second-order valence-electron chi connectivity index (χ2n) is 8.07. The molecular weight excluding hydrogens is 432 g/mol. The molecule has 4 rings (SSSR count). The molecule has 2 aliphatic rings. The Kier molecular flexibility index (Phi) is 5.88. The van der Waals surface area contributed by atoms with Crippen LogP contribution >= 0.6 is 11.6 Å². The minimum Gasteiger partial charge on any atom is -0.323 e. The Labute approximate surface area is 190 Å². The van der Waals surface area contributed by atoms with E-state index in [1.807, 2.05) is 0 Å². The number of urea groups is 1. The third-order valence-corrected chi connectivity index (χ3v) is 6.21. The third-order valence-electron chi connectivity index (χ3n) is 5.96. The number of hydrogen-bond acceptors (Lipinski definition) is 4. The molecule has 9 heteroatoms. The summed E-state index contributed by atoms with van der Waals surface area (Å²) in [6.07, 6.45) is 2.90. The predicted molar refractivity (Wildman–Crippen MR) is 121 cm³/mol. The van der Waals surface area contributed by atoms with Crippen LogP contribution in [0.3, 0.4) is 0 Å². The number of carbonyl (C=O) groups is 4. The topological polar surface area (TPSA) is 108 Å². The monoisotopic (exact) mass is 454 g/mol. The molecule has 0 aromatic heterocycles. The number of halogens is 1. The Balaban J connectivity index is 1.48. The fraction of sp³-hybridized carbons (Fsp3) is 0.304. The number of benzene rings is 2. The van der Waals surface area contributed by atoms with Gasteiger partial charge in [-0.3, -0.25) is 14.4 Å². The van der Waals surface area contributed by atoms with E-state index in [1.165, 1.54) is 6.92 Å². The lowest BCUT2D eigenvalue weighted by Crippen LogP contribution is -2.48. The predicted octanol–water partition coefficient (Wildman–Crippen LogP) is 3.78. The van der Waals surface area contributed by atoms with Crippen LogP contribution in [0.25, 0.3) is 0 Å². The van der Waals surface area contributed by atoms with Crippen LogP contribution in [0.15, 0.2) is 48.5 Å². The van der Waals surface area contributed by atoms with Crippen LogP contribution in [0.1, 0.15) is 43.0 Å². The van der Waals surface area contributed by atoms with Crippen LogP contribution < -0.4 is 16.0 Å². The van der Waals surface area contributed by atoms with Gasteiger partial charge < -0.3 is 16.0 Å². The zero-order valence-electron chi connectivity index (χ0n) is 17.5. The van der Waals surface area contributed by atoms with E-state index < -0.39 is 23.5 Å². The number of para-hydroxylation sites is 2. The molecule has 1 unspecified atom stereocenters. The Morgan fingerprint density at radius 1 is 1.00 bits per heavy atom. The zero-order chi connectivity index (χ0) is 22.9. The van der Waals surface area contributed by atoms with Crippen molar-refractivity contribution in [2.45, 2.75) is 44.2 Å². The summed E-state index contributed by atoms with van der Waals surface area (Å²) in [4.78, 5) is 51.9. The van der Waals surface area contributed by atoms with Crippen molar-refractivity contribution in [3.8, 4) is 0 Å². The Hall–Kier alpha value is -3.39. The van der Waals surface area contributed by atoms with Crippen molar-refractivity contribution in [2.24, 2.45) is 0 Å². The SMILES string of the molecule is CC(C(=O)Nc1ccccc1NC(=O)c1ccc(Cl)cc1)N1C(=O)NC2(CCCC2)C1=O. The molecule has 2 aromatic rings. The van der Waals surface area contributed by atoms with Gasteiger partial charge in [-0.05, 0) is 56.2 Å². The van der Waals surface area contributed by atoms with Gasteiger partial charge in [0.15, 0.2) is 0 Å². The molecule has 1 saturated heterocycles. The maximum atomic E-state index is 12.9. The molecule has 32 heavy (non-hydrogen) atoms. The highest BCUT2D eigenvalue weighted by molar-refractivity contribution is 6.30. The van der Waals surface area contributed by atoms with Crippen molar-refractivity contribution in [1.29, 1.82) is 0 Å². The number of rotatable bonds is 5. The number of imide groups is 1. The lowest BCUT2D eigenvalue weighted by Gasteiger charge is -2.24. The van der Waals surface area contributed by atoms with Gasteiger partial charge in [0, 0.05) is 10.6 Å². The quantitative estimate of drug-likeness (QED) is 0.597. The smallest absolute Gasteiger partial charge is 0.323 e. The van der Waals surface area contributed by atoms with Crippen LogP contribution in [0.4, 0.5) is 16.2 Å². The molecule has 2 aromatic carbocycles. The maximum absolute atomic E-state index is 12.9. The first kappa shape index (κ1) is 21.8. The van der Waals surface area contributed by atoms with Crippen LogP contribution in [0.5, 0.6) is 0 Å². The van der Waals surface area contributed by atoms with Crippen molar-refractivity contribution >= 4 is 46.7 Å². The molecule has 3 N–H and O–H groups in total. The van der Waals surface area contributed by atoms with E-state index in [9.17, 15) is 19.2 Å². The van der Waals surface area contributed by atoms with E-state index in [-0.39, 0.29) is 11.8 Å². The molecule has 1 saturated carbocycles. The number of nitrogens with zero attached hydrogens (tertiary/aromatic N) is 1. The number of nitrogens with one attached hydrogen (secondary N) is 3. The Bertz CT molecular complexity index is 1080. The van der Waals surface area contributed by atoms with Crippen molar-refractivity contribution < 1.29 is 19.2 Å². The van der Waals surface area contributed by atoms with Gasteiger partial charge in [0.05, 0.1) is 11.4 Å². The molecule has 1 heterocycles. The van der Waals surface area contributed by atoms with E-state index in [0.29, 0.717) is 34.8 Å². The summed E-state index contributed by atoms with van der Waals surface area (Å²) in [5.41, 5.74) is 0.271. The molecule has 0 radical (unpaired) electrons. The molecule has 8 nitrogen and oxygen atoms in total. The minimum atomic E-state index is -1.01. The van der Waals surface area contributed by atoms with Gasteiger partial charge >= 0.3 is 6.03 Å².